The second-order valence-corrected chi connectivity index (χ2v) is 9.61. The maximum Gasteiger partial charge on any atom is 0.410 e. The fourth-order valence-electron chi connectivity index (χ4n) is 3.99. The number of methoxy groups -OCH3 is 1. The zero-order chi connectivity index (χ0) is 22.0. The van der Waals surface area contributed by atoms with Crippen LogP contribution in [0, 0.1) is 5.41 Å². The van der Waals surface area contributed by atoms with Crippen molar-refractivity contribution in [2.75, 3.05) is 66.6 Å². The van der Waals surface area contributed by atoms with Crippen molar-refractivity contribution in [3.05, 3.63) is 0 Å². The monoisotopic (exact) mass is 553 g/mol. The van der Waals surface area contributed by atoms with E-state index in [9.17, 15) is 4.79 Å². The molecule has 0 aromatic rings. The molecule has 0 unspecified atom stereocenters. The molecule has 0 aromatic heterocycles. The first-order chi connectivity index (χ1) is 14.3. The molecule has 1 saturated carbocycles. The van der Waals surface area contributed by atoms with Crippen molar-refractivity contribution in [1.82, 2.24) is 20.4 Å². The van der Waals surface area contributed by atoms with Crippen molar-refractivity contribution in [2.45, 2.75) is 58.5 Å². The lowest BCUT2D eigenvalue weighted by molar-refractivity contribution is 0.0145. The molecular weight excluding hydrogens is 509 g/mol. The Kier molecular flexibility index (Phi) is 12.4. The number of amides is 1. The van der Waals surface area contributed by atoms with Gasteiger partial charge in [-0.25, -0.2) is 4.79 Å². The summed E-state index contributed by atoms with van der Waals surface area (Å²) in [5.41, 5.74) is -0.0596. The Balaban J connectivity index is 0.00000480. The number of hydrogen-bond donors (Lipinski definition) is 2. The van der Waals surface area contributed by atoms with E-state index < -0.39 is 5.60 Å². The van der Waals surface area contributed by atoms with E-state index in [4.69, 9.17) is 9.47 Å². The van der Waals surface area contributed by atoms with Gasteiger partial charge in [-0.3, -0.25) is 9.89 Å². The van der Waals surface area contributed by atoms with Crippen LogP contribution in [0.1, 0.15) is 52.9 Å². The predicted molar refractivity (Wildman–Crippen MR) is 136 cm³/mol. The highest BCUT2D eigenvalue weighted by Crippen LogP contribution is 2.43. The molecule has 1 aliphatic heterocycles. The smallest absolute Gasteiger partial charge is 0.410 e. The molecule has 1 amide bonds. The van der Waals surface area contributed by atoms with E-state index in [0.717, 1.165) is 71.2 Å². The standard InChI is InChI=1S/C22H43N5O3.HI/c1-21(2,3)30-20(28)27-15-13-26(14-16-27)12-7-11-24-19(23-4)25-18-22(8-6-9-22)10-17-29-5;/h6-18H2,1-5H3,(H2,23,24,25);1H. The number of guanidine groups is 1. The molecule has 1 heterocycles. The number of rotatable bonds is 9. The number of halogens is 1. The molecule has 2 aliphatic rings. The number of piperazine rings is 1. The van der Waals surface area contributed by atoms with Crippen molar-refractivity contribution < 1.29 is 14.3 Å². The third-order valence-corrected chi connectivity index (χ3v) is 6.07. The predicted octanol–water partition coefficient (Wildman–Crippen LogP) is 2.92. The lowest BCUT2D eigenvalue weighted by Gasteiger charge is -2.42. The minimum absolute atomic E-state index is 0. The number of carbonyl (C=O) groups is 1. The molecule has 1 aliphatic carbocycles. The molecule has 0 aromatic carbocycles. The van der Waals surface area contributed by atoms with Crippen LogP contribution in [0.15, 0.2) is 4.99 Å². The second kappa shape index (κ2) is 13.7. The average Bonchev–Trinajstić information content (AvgIpc) is 2.67. The van der Waals surface area contributed by atoms with Crippen LogP contribution in [-0.2, 0) is 9.47 Å². The van der Waals surface area contributed by atoms with Crippen molar-refractivity contribution in [1.29, 1.82) is 0 Å². The Labute approximate surface area is 205 Å². The van der Waals surface area contributed by atoms with Crippen LogP contribution >= 0.6 is 24.0 Å². The first kappa shape index (κ1) is 28.2. The van der Waals surface area contributed by atoms with Crippen LogP contribution in [0.4, 0.5) is 4.79 Å². The summed E-state index contributed by atoms with van der Waals surface area (Å²) in [6, 6.07) is 0. The summed E-state index contributed by atoms with van der Waals surface area (Å²) in [6.45, 7) is 12.7. The topological polar surface area (TPSA) is 78.4 Å². The van der Waals surface area contributed by atoms with Gasteiger partial charge in [0.25, 0.3) is 0 Å². The zero-order valence-corrected chi connectivity index (χ0v) is 22.5. The van der Waals surface area contributed by atoms with E-state index >= 15 is 0 Å². The molecule has 0 spiro atoms. The van der Waals surface area contributed by atoms with Gasteiger partial charge in [0.15, 0.2) is 5.96 Å². The molecule has 8 nitrogen and oxygen atoms in total. The summed E-state index contributed by atoms with van der Waals surface area (Å²) in [7, 11) is 3.60. The van der Waals surface area contributed by atoms with E-state index in [1.807, 2.05) is 32.7 Å². The third-order valence-electron chi connectivity index (χ3n) is 6.07. The molecule has 9 heteroatoms. The van der Waals surface area contributed by atoms with Crippen LogP contribution < -0.4 is 10.6 Å². The molecule has 0 bridgehead atoms. The highest BCUT2D eigenvalue weighted by atomic mass is 127. The average molecular weight is 554 g/mol. The van der Waals surface area contributed by atoms with Gasteiger partial charge in [0.2, 0.25) is 0 Å². The third kappa shape index (κ3) is 10.1. The van der Waals surface area contributed by atoms with Crippen molar-refractivity contribution in [3.63, 3.8) is 0 Å². The fourth-order valence-corrected chi connectivity index (χ4v) is 3.99. The maximum atomic E-state index is 12.2. The minimum atomic E-state index is -0.436. The summed E-state index contributed by atoms with van der Waals surface area (Å²) in [5.74, 6) is 0.883. The van der Waals surface area contributed by atoms with Gasteiger partial charge in [-0.2, -0.15) is 0 Å². The van der Waals surface area contributed by atoms with Crippen molar-refractivity contribution in [3.8, 4) is 0 Å². The van der Waals surface area contributed by atoms with Crippen LogP contribution in [0.5, 0.6) is 0 Å². The summed E-state index contributed by atoms with van der Waals surface area (Å²) >= 11 is 0. The summed E-state index contributed by atoms with van der Waals surface area (Å²) < 4.78 is 10.7. The van der Waals surface area contributed by atoms with E-state index in [1.165, 1.54) is 19.3 Å². The summed E-state index contributed by atoms with van der Waals surface area (Å²) in [4.78, 5) is 20.7. The highest BCUT2D eigenvalue weighted by Gasteiger charge is 2.36. The fraction of sp³-hybridized carbons (Fsp3) is 0.909. The molecule has 2 N–H and O–H groups in total. The molecular formula is C22H44IN5O3. The first-order valence-electron chi connectivity index (χ1n) is 11.4. The van der Waals surface area contributed by atoms with Gasteiger partial charge in [0.05, 0.1) is 0 Å². The summed E-state index contributed by atoms with van der Waals surface area (Å²) in [6.07, 6.45) is 5.82. The number of carbonyl (C=O) groups excluding carboxylic acids is 1. The Morgan fingerprint density at radius 2 is 1.81 bits per heavy atom. The van der Waals surface area contributed by atoms with Crippen molar-refractivity contribution in [2.24, 2.45) is 10.4 Å². The van der Waals surface area contributed by atoms with Gasteiger partial charge in [-0.15, -0.1) is 24.0 Å². The number of ether oxygens (including phenoxy) is 2. The number of aliphatic imine (C=N–C) groups is 1. The van der Waals surface area contributed by atoms with Gasteiger partial charge < -0.3 is 25.0 Å². The Morgan fingerprint density at radius 3 is 2.32 bits per heavy atom. The molecule has 0 radical (unpaired) electrons. The molecule has 31 heavy (non-hydrogen) atoms. The van der Waals surface area contributed by atoms with Crippen LogP contribution in [0.2, 0.25) is 0 Å². The molecule has 2 rings (SSSR count). The van der Waals surface area contributed by atoms with Crippen LogP contribution in [-0.4, -0.2) is 94.0 Å². The van der Waals surface area contributed by atoms with Gasteiger partial charge >= 0.3 is 6.09 Å². The molecule has 1 saturated heterocycles. The minimum Gasteiger partial charge on any atom is -0.444 e. The Morgan fingerprint density at radius 1 is 1.13 bits per heavy atom. The Hall–Kier alpha value is -0.810. The van der Waals surface area contributed by atoms with Crippen LogP contribution in [0.25, 0.3) is 0 Å². The van der Waals surface area contributed by atoms with Gasteiger partial charge in [-0.05, 0) is 58.4 Å². The summed E-state index contributed by atoms with van der Waals surface area (Å²) in [5, 5.41) is 6.94. The van der Waals surface area contributed by atoms with E-state index in [2.05, 4.69) is 20.5 Å². The van der Waals surface area contributed by atoms with E-state index in [1.54, 1.807) is 7.11 Å². The normalized spacial score (nSPS) is 19.3. The number of nitrogens with one attached hydrogen (secondary N) is 2. The van der Waals surface area contributed by atoms with Gasteiger partial charge in [0.1, 0.15) is 5.60 Å². The lowest BCUT2D eigenvalue weighted by atomic mass is 9.67. The van der Waals surface area contributed by atoms with Crippen molar-refractivity contribution >= 4 is 36.0 Å². The molecule has 2 fully saturated rings. The second-order valence-electron chi connectivity index (χ2n) is 9.61. The Bertz CT molecular complexity index is 556. The molecule has 0 atom stereocenters. The van der Waals surface area contributed by atoms with Crippen LogP contribution in [0.3, 0.4) is 0 Å². The highest BCUT2D eigenvalue weighted by molar-refractivity contribution is 14.0. The largest absolute Gasteiger partial charge is 0.444 e. The first-order valence-corrected chi connectivity index (χ1v) is 11.4. The quantitative estimate of drug-likeness (QED) is 0.198. The van der Waals surface area contributed by atoms with E-state index in [-0.39, 0.29) is 30.1 Å². The maximum absolute atomic E-state index is 12.2. The zero-order valence-electron chi connectivity index (χ0n) is 20.2. The number of nitrogens with zero attached hydrogens (tertiary/aromatic N) is 3. The lowest BCUT2D eigenvalue weighted by Crippen LogP contribution is -2.50. The molecule has 182 valence electrons. The SMILES string of the molecule is CN=C(NCCCN1CCN(C(=O)OC(C)(C)C)CC1)NCC1(CCOC)CCC1.I. The van der Waals surface area contributed by atoms with Gasteiger partial charge in [-0.1, -0.05) is 6.42 Å². The number of hydrogen-bond acceptors (Lipinski definition) is 5. The van der Waals surface area contributed by atoms with E-state index in [0.29, 0.717) is 5.41 Å². The van der Waals surface area contributed by atoms with Gasteiger partial charge in [0, 0.05) is 60.0 Å².